The summed E-state index contributed by atoms with van der Waals surface area (Å²) in [6.07, 6.45) is 3.45. The van der Waals surface area contributed by atoms with Crippen molar-refractivity contribution in [2.24, 2.45) is 5.41 Å². The van der Waals surface area contributed by atoms with Crippen LogP contribution in [0.5, 0.6) is 0 Å². The number of hydrogen-bond donors (Lipinski definition) is 1. The van der Waals surface area contributed by atoms with Crippen LogP contribution in [0.15, 0.2) is 36.9 Å². The Hall–Kier alpha value is -1.59. The van der Waals surface area contributed by atoms with Crippen molar-refractivity contribution in [1.29, 1.82) is 0 Å². The summed E-state index contributed by atoms with van der Waals surface area (Å²) in [7, 11) is 0. The molecular formula is C13H12Cl2N4O. The van der Waals surface area contributed by atoms with Gasteiger partial charge in [0.05, 0.1) is 16.8 Å². The van der Waals surface area contributed by atoms with E-state index in [1.54, 1.807) is 24.0 Å². The number of nitrogens with zero attached hydrogens (tertiary/aromatic N) is 3. The Bertz CT molecular complexity index is 656. The van der Waals surface area contributed by atoms with E-state index in [0.29, 0.717) is 12.1 Å². The van der Waals surface area contributed by atoms with Crippen molar-refractivity contribution in [3.05, 3.63) is 36.9 Å². The van der Waals surface area contributed by atoms with Gasteiger partial charge in [-0.3, -0.25) is 4.79 Å². The van der Waals surface area contributed by atoms with Crippen molar-refractivity contribution in [1.82, 2.24) is 14.8 Å². The molecule has 1 unspecified atom stereocenters. The van der Waals surface area contributed by atoms with Crippen molar-refractivity contribution in [2.45, 2.75) is 17.7 Å². The number of rotatable bonds is 3. The van der Waals surface area contributed by atoms with Gasteiger partial charge in [0, 0.05) is 0 Å². The van der Waals surface area contributed by atoms with Crippen molar-refractivity contribution in [3.63, 3.8) is 0 Å². The maximum atomic E-state index is 12.3. The largest absolute Gasteiger partial charge is 0.324 e. The quantitative estimate of drug-likeness (QED) is 0.887. The predicted octanol–water partition coefficient (Wildman–Crippen LogP) is 2.79. The second kappa shape index (κ2) is 4.46. The zero-order valence-corrected chi connectivity index (χ0v) is 12.2. The molecule has 1 aliphatic rings. The molecule has 1 aromatic heterocycles. The summed E-state index contributed by atoms with van der Waals surface area (Å²) in [4.78, 5) is 16.2. The molecule has 1 atom stereocenters. The van der Waals surface area contributed by atoms with E-state index in [-0.39, 0.29) is 5.91 Å². The molecule has 20 heavy (non-hydrogen) atoms. The minimum absolute atomic E-state index is 0.199. The number of amides is 1. The second-order valence-corrected chi connectivity index (χ2v) is 6.51. The molecule has 1 N–H and O–H groups in total. The molecule has 1 fully saturated rings. The van der Waals surface area contributed by atoms with Crippen molar-refractivity contribution in [3.8, 4) is 5.69 Å². The average molecular weight is 311 g/mol. The van der Waals surface area contributed by atoms with Gasteiger partial charge in [0.1, 0.15) is 17.0 Å². The molecule has 2 aromatic rings. The fraction of sp³-hybridized carbons (Fsp3) is 0.308. The Kier molecular flexibility index (Phi) is 2.99. The van der Waals surface area contributed by atoms with Gasteiger partial charge < -0.3 is 5.32 Å². The minimum Gasteiger partial charge on any atom is -0.324 e. The Morgan fingerprint density at radius 1 is 1.40 bits per heavy atom. The topological polar surface area (TPSA) is 59.8 Å². The molecule has 0 aliphatic heterocycles. The van der Waals surface area contributed by atoms with Crippen LogP contribution in [0.1, 0.15) is 13.3 Å². The summed E-state index contributed by atoms with van der Waals surface area (Å²) in [5.74, 6) is -0.199. The van der Waals surface area contributed by atoms with Crippen LogP contribution < -0.4 is 5.32 Å². The molecule has 0 spiro atoms. The second-order valence-electron chi connectivity index (χ2n) is 5.02. The van der Waals surface area contributed by atoms with Gasteiger partial charge in [-0.05, 0) is 25.5 Å². The number of carbonyl (C=O) groups is 1. The third-order valence-electron chi connectivity index (χ3n) is 3.58. The number of nitrogens with one attached hydrogen (secondary N) is 1. The maximum absolute atomic E-state index is 12.3. The third-order valence-corrected chi connectivity index (χ3v) is 4.68. The third kappa shape index (κ3) is 2.07. The zero-order chi connectivity index (χ0) is 14.4. The Morgan fingerprint density at radius 3 is 2.70 bits per heavy atom. The Labute approximate surface area is 125 Å². The highest BCUT2D eigenvalue weighted by Crippen LogP contribution is 2.64. The van der Waals surface area contributed by atoms with E-state index in [1.165, 1.54) is 6.33 Å². The van der Waals surface area contributed by atoms with Gasteiger partial charge in [0.2, 0.25) is 5.91 Å². The molecule has 0 bridgehead atoms. The van der Waals surface area contributed by atoms with Crippen molar-refractivity contribution in [2.75, 3.05) is 5.32 Å². The molecule has 1 aliphatic carbocycles. The van der Waals surface area contributed by atoms with Crippen LogP contribution in [-0.2, 0) is 4.79 Å². The van der Waals surface area contributed by atoms with Crippen LogP contribution in [0.4, 0.5) is 5.69 Å². The Balaban J connectivity index is 1.88. The molecule has 1 amide bonds. The van der Waals surface area contributed by atoms with Crippen LogP contribution >= 0.6 is 23.2 Å². The van der Waals surface area contributed by atoms with Crippen LogP contribution in [0.3, 0.4) is 0 Å². The molecule has 0 radical (unpaired) electrons. The van der Waals surface area contributed by atoms with Crippen LogP contribution in [0, 0.1) is 5.41 Å². The van der Waals surface area contributed by atoms with E-state index < -0.39 is 9.75 Å². The number of aromatic nitrogens is 3. The lowest BCUT2D eigenvalue weighted by Gasteiger charge is -2.15. The van der Waals surface area contributed by atoms with E-state index in [2.05, 4.69) is 15.4 Å². The molecule has 1 saturated carbocycles. The average Bonchev–Trinajstić information content (AvgIpc) is 2.82. The monoisotopic (exact) mass is 310 g/mol. The number of anilines is 1. The van der Waals surface area contributed by atoms with Gasteiger partial charge in [0.25, 0.3) is 0 Å². The SMILES string of the molecule is CC1(C(=O)Nc2ccccc2-n2cncn2)CC1(Cl)Cl. The lowest BCUT2D eigenvalue weighted by Crippen LogP contribution is -2.26. The highest BCUT2D eigenvalue weighted by molar-refractivity contribution is 6.53. The van der Waals surface area contributed by atoms with Gasteiger partial charge in [-0.1, -0.05) is 12.1 Å². The number of alkyl halides is 2. The number of para-hydroxylation sites is 2. The summed E-state index contributed by atoms with van der Waals surface area (Å²) < 4.78 is 0.596. The molecular weight excluding hydrogens is 299 g/mol. The van der Waals surface area contributed by atoms with Crippen LogP contribution in [0.2, 0.25) is 0 Å². The number of carbonyl (C=O) groups excluding carboxylic acids is 1. The van der Waals surface area contributed by atoms with Gasteiger partial charge in [0.15, 0.2) is 0 Å². The van der Waals surface area contributed by atoms with Crippen LogP contribution in [0.25, 0.3) is 5.69 Å². The first-order valence-corrected chi connectivity index (χ1v) is 6.83. The fourth-order valence-corrected chi connectivity index (χ4v) is 2.72. The van der Waals surface area contributed by atoms with Gasteiger partial charge >= 0.3 is 0 Å². The number of halogens is 2. The summed E-state index contributed by atoms with van der Waals surface area (Å²) in [5.41, 5.74) is 0.614. The summed E-state index contributed by atoms with van der Waals surface area (Å²) >= 11 is 12.1. The van der Waals surface area contributed by atoms with Gasteiger partial charge in [-0.25, -0.2) is 9.67 Å². The lowest BCUT2D eigenvalue weighted by molar-refractivity contribution is -0.120. The fourth-order valence-electron chi connectivity index (χ4n) is 2.02. The standard InChI is InChI=1S/C13H12Cl2N4O/c1-12(6-13(12,14)15)11(20)18-9-4-2-3-5-10(9)19-8-16-7-17-19/h2-5,7-8H,6H2,1H3,(H,18,20). The first-order chi connectivity index (χ1) is 9.44. The van der Waals surface area contributed by atoms with Crippen molar-refractivity contribution < 1.29 is 4.79 Å². The maximum Gasteiger partial charge on any atom is 0.233 e. The molecule has 3 rings (SSSR count). The summed E-state index contributed by atoms with van der Waals surface area (Å²) in [5, 5.41) is 6.92. The van der Waals surface area contributed by atoms with Crippen LogP contribution in [-0.4, -0.2) is 25.0 Å². The van der Waals surface area contributed by atoms with E-state index in [1.807, 2.05) is 18.2 Å². The first kappa shape index (κ1) is 13.4. The summed E-state index contributed by atoms with van der Waals surface area (Å²) in [6.45, 7) is 1.75. The molecule has 5 nitrogen and oxygen atoms in total. The van der Waals surface area contributed by atoms with E-state index in [9.17, 15) is 4.79 Å². The minimum atomic E-state index is -0.987. The number of hydrogen-bond acceptors (Lipinski definition) is 3. The zero-order valence-electron chi connectivity index (χ0n) is 10.7. The summed E-state index contributed by atoms with van der Waals surface area (Å²) in [6, 6.07) is 7.33. The van der Waals surface area contributed by atoms with E-state index in [0.717, 1.165) is 5.69 Å². The smallest absolute Gasteiger partial charge is 0.233 e. The molecule has 1 heterocycles. The number of benzene rings is 1. The predicted molar refractivity (Wildman–Crippen MR) is 77.1 cm³/mol. The van der Waals surface area contributed by atoms with Crippen molar-refractivity contribution >= 4 is 34.8 Å². The first-order valence-electron chi connectivity index (χ1n) is 6.07. The Morgan fingerprint density at radius 2 is 2.10 bits per heavy atom. The van der Waals surface area contributed by atoms with Gasteiger partial charge in [-0.2, -0.15) is 5.10 Å². The molecule has 7 heteroatoms. The lowest BCUT2D eigenvalue weighted by atomic mass is 10.1. The highest BCUT2D eigenvalue weighted by Gasteiger charge is 2.67. The van der Waals surface area contributed by atoms with E-state index in [4.69, 9.17) is 23.2 Å². The molecule has 0 saturated heterocycles. The normalized spacial score (nSPS) is 23.4. The van der Waals surface area contributed by atoms with Gasteiger partial charge in [-0.15, -0.1) is 23.2 Å². The highest BCUT2D eigenvalue weighted by atomic mass is 35.5. The van der Waals surface area contributed by atoms with E-state index >= 15 is 0 Å². The molecule has 104 valence electrons. The molecule has 1 aromatic carbocycles.